The number of nitrogens with zero attached hydrogens (tertiary/aromatic N) is 1. The largest absolute Gasteiger partial charge is 0.461 e. The molecular formula is C15H15NO2S2. The van der Waals surface area contributed by atoms with Crippen molar-refractivity contribution in [1.82, 2.24) is 4.98 Å². The summed E-state index contributed by atoms with van der Waals surface area (Å²) in [5.41, 5.74) is 1.01. The van der Waals surface area contributed by atoms with Gasteiger partial charge in [-0.15, -0.1) is 23.5 Å². The van der Waals surface area contributed by atoms with Gasteiger partial charge in [0.15, 0.2) is 0 Å². The Hall–Kier alpha value is -1.20. The maximum absolute atomic E-state index is 11.2. The lowest BCUT2D eigenvalue weighted by molar-refractivity contribution is -0.140. The number of carbonyl (C=O) groups is 1. The highest BCUT2D eigenvalue weighted by Gasteiger charge is 2.23. The number of cyclic esters (lactones) is 1. The number of para-hydroxylation sites is 1. The fourth-order valence-electron chi connectivity index (χ4n) is 2.27. The first-order valence-corrected chi connectivity index (χ1v) is 8.73. The first kappa shape index (κ1) is 13.8. The van der Waals surface area contributed by atoms with Crippen molar-refractivity contribution in [2.24, 2.45) is 0 Å². The molecule has 1 aromatic heterocycles. The molecule has 1 aromatic carbocycles. The van der Waals surface area contributed by atoms with Crippen LogP contribution in [0.15, 0.2) is 40.3 Å². The number of ether oxygens (including phenoxy) is 1. The minimum Gasteiger partial charge on any atom is -0.461 e. The van der Waals surface area contributed by atoms with Gasteiger partial charge in [0, 0.05) is 33.5 Å². The fraction of sp³-hybridized carbons (Fsp3) is 0.333. The van der Waals surface area contributed by atoms with Gasteiger partial charge in [-0.25, -0.2) is 0 Å². The van der Waals surface area contributed by atoms with Crippen molar-refractivity contribution >= 4 is 40.4 Å². The molecule has 2 heterocycles. The summed E-state index contributed by atoms with van der Waals surface area (Å²) in [5, 5.41) is 1.17. The lowest BCUT2D eigenvalue weighted by atomic mass is 10.2. The molecule has 3 nitrogen and oxygen atoms in total. The highest BCUT2D eigenvalue weighted by atomic mass is 32.2. The molecule has 0 amide bonds. The van der Waals surface area contributed by atoms with Gasteiger partial charge in [-0.2, -0.15) is 0 Å². The van der Waals surface area contributed by atoms with Gasteiger partial charge in [0.05, 0.1) is 5.52 Å². The SMILES string of the molecule is CSc1cnc2ccccc2c1SCC1CCC(=O)O1. The molecule has 2 aromatic rings. The molecule has 20 heavy (non-hydrogen) atoms. The summed E-state index contributed by atoms with van der Waals surface area (Å²) in [7, 11) is 0. The van der Waals surface area contributed by atoms with Crippen LogP contribution in [0.1, 0.15) is 12.8 Å². The third kappa shape index (κ3) is 2.79. The molecule has 3 rings (SSSR count). The molecule has 104 valence electrons. The molecule has 1 atom stereocenters. The van der Waals surface area contributed by atoms with Gasteiger partial charge in [-0.1, -0.05) is 18.2 Å². The van der Waals surface area contributed by atoms with Crippen LogP contribution in [-0.2, 0) is 9.53 Å². The summed E-state index contributed by atoms with van der Waals surface area (Å²) in [6, 6.07) is 8.17. The van der Waals surface area contributed by atoms with E-state index < -0.39 is 0 Å². The first-order chi connectivity index (χ1) is 9.78. The second-order valence-corrected chi connectivity index (χ2v) is 6.51. The second-order valence-electron chi connectivity index (χ2n) is 4.63. The summed E-state index contributed by atoms with van der Waals surface area (Å²) in [5.74, 6) is 0.744. The van der Waals surface area contributed by atoms with E-state index in [0.717, 1.165) is 17.7 Å². The summed E-state index contributed by atoms with van der Waals surface area (Å²) >= 11 is 3.46. The Morgan fingerprint density at radius 1 is 1.40 bits per heavy atom. The zero-order valence-corrected chi connectivity index (χ0v) is 12.8. The van der Waals surface area contributed by atoms with Crippen LogP contribution in [0, 0.1) is 0 Å². The zero-order valence-electron chi connectivity index (χ0n) is 11.2. The quantitative estimate of drug-likeness (QED) is 0.635. The van der Waals surface area contributed by atoms with Gasteiger partial charge < -0.3 is 4.74 Å². The molecule has 1 saturated heterocycles. The number of benzene rings is 1. The maximum atomic E-state index is 11.2. The lowest BCUT2D eigenvalue weighted by Gasteiger charge is -2.13. The normalized spacial score (nSPS) is 18.4. The van der Waals surface area contributed by atoms with Crippen LogP contribution in [0.2, 0.25) is 0 Å². The third-order valence-corrected chi connectivity index (χ3v) is 5.44. The third-order valence-electron chi connectivity index (χ3n) is 3.30. The molecule has 0 N–H and O–H groups in total. The highest BCUT2D eigenvalue weighted by molar-refractivity contribution is 8.02. The van der Waals surface area contributed by atoms with Crippen molar-refractivity contribution in [2.45, 2.75) is 28.7 Å². The Kier molecular flexibility index (Phi) is 4.17. The number of aromatic nitrogens is 1. The molecule has 1 aliphatic rings. The van der Waals surface area contributed by atoms with E-state index in [1.54, 1.807) is 23.5 Å². The lowest BCUT2D eigenvalue weighted by Crippen LogP contribution is -2.09. The summed E-state index contributed by atoms with van der Waals surface area (Å²) in [6.45, 7) is 0. The van der Waals surface area contributed by atoms with E-state index in [0.29, 0.717) is 6.42 Å². The average molecular weight is 305 g/mol. The number of fused-ring (bicyclic) bond motifs is 1. The molecule has 0 bridgehead atoms. The van der Waals surface area contributed by atoms with Gasteiger partial charge in [0.25, 0.3) is 0 Å². The predicted molar refractivity (Wildman–Crippen MR) is 83.4 cm³/mol. The number of pyridine rings is 1. The Balaban J connectivity index is 1.86. The van der Waals surface area contributed by atoms with Crippen molar-refractivity contribution in [3.8, 4) is 0 Å². The topological polar surface area (TPSA) is 39.2 Å². The van der Waals surface area contributed by atoms with E-state index in [4.69, 9.17) is 4.74 Å². The molecule has 0 radical (unpaired) electrons. The molecule has 5 heteroatoms. The molecule has 0 aliphatic carbocycles. The van der Waals surface area contributed by atoms with Crippen LogP contribution in [0.25, 0.3) is 10.9 Å². The summed E-state index contributed by atoms with van der Waals surface area (Å²) in [4.78, 5) is 18.1. The molecular weight excluding hydrogens is 290 g/mol. The number of rotatable bonds is 4. The monoisotopic (exact) mass is 305 g/mol. The van der Waals surface area contributed by atoms with Crippen LogP contribution >= 0.6 is 23.5 Å². The number of hydrogen-bond donors (Lipinski definition) is 0. The minimum absolute atomic E-state index is 0.0501. The smallest absolute Gasteiger partial charge is 0.306 e. The zero-order chi connectivity index (χ0) is 13.9. The van der Waals surface area contributed by atoms with Gasteiger partial charge >= 0.3 is 5.97 Å². The Morgan fingerprint density at radius 2 is 2.25 bits per heavy atom. The van der Waals surface area contributed by atoms with E-state index in [-0.39, 0.29) is 12.1 Å². The number of esters is 1. The summed E-state index contributed by atoms with van der Waals surface area (Å²) in [6.07, 6.45) is 5.43. The van der Waals surface area contributed by atoms with E-state index in [9.17, 15) is 4.79 Å². The van der Waals surface area contributed by atoms with Crippen LogP contribution in [0.3, 0.4) is 0 Å². The highest BCUT2D eigenvalue weighted by Crippen LogP contribution is 2.36. The van der Waals surface area contributed by atoms with Crippen molar-refractivity contribution in [3.63, 3.8) is 0 Å². The predicted octanol–water partition coefficient (Wildman–Crippen LogP) is 3.75. The first-order valence-electron chi connectivity index (χ1n) is 6.52. The Labute approximate surface area is 126 Å². The molecule has 0 saturated carbocycles. The standard InChI is InChI=1S/C15H15NO2S2/c1-19-13-8-16-12-5-3-2-4-11(12)15(13)20-9-10-6-7-14(17)18-10/h2-5,8,10H,6-7,9H2,1H3. The van der Waals surface area contributed by atoms with Crippen LogP contribution < -0.4 is 0 Å². The second kappa shape index (κ2) is 6.06. The van der Waals surface area contributed by atoms with Gasteiger partial charge in [0.2, 0.25) is 0 Å². The van der Waals surface area contributed by atoms with Crippen LogP contribution in [0.4, 0.5) is 0 Å². The van der Waals surface area contributed by atoms with Crippen molar-refractivity contribution in [2.75, 3.05) is 12.0 Å². The molecule has 0 spiro atoms. The van der Waals surface area contributed by atoms with Crippen molar-refractivity contribution in [3.05, 3.63) is 30.5 Å². The number of carbonyl (C=O) groups excluding carboxylic acids is 1. The average Bonchev–Trinajstić information content (AvgIpc) is 2.90. The molecule has 1 fully saturated rings. The summed E-state index contributed by atoms with van der Waals surface area (Å²) < 4.78 is 5.29. The fourth-order valence-corrected chi connectivity index (χ4v) is 4.26. The molecule has 1 aliphatic heterocycles. The van der Waals surface area contributed by atoms with E-state index in [2.05, 4.69) is 17.3 Å². The Bertz CT molecular complexity index is 645. The van der Waals surface area contributed by atoms with Crippen LogP contribution in [0.5, 0.6) is 0 Å². The van der Waals surface area contributed by atoms with Crippen LogP contribution in [-0.4, -0.2) is 29.1 Å². The number of hydrogen-bond acceptors (Lipinski definition) is 5. The van der Waals surface area contributed by atoms with Gasteiger partial charge in [-0.3, -0.25) is 9.78 Å². The molecule has 1 unspecified atom stereocenters. The maximum Gasteiger partial charge on any atom is 0.306 e. The minimum atomic E-state index is -0.0692. The van der Waals surface area contributed by atoms with Crippen molar-refractivity contribution < 1.29 is 9.53 Å². The van der Waals surface area contributed by atoms with Crippen molar-refractivity contribution in [1.29, 1.82) is 0 Å². The van der Waals surface area contributed by atoms with Gasteiger partial charge in [-0.05, 0) is 18.7 Å². The van der Waals surface area contributed by atoms with Gasteiger partial charge in [0.1, 0.15) is 6.10 Å². The van der Waals surface area contributed by atoms with E-state index in [1.807, 2.05) is 24.4 Å². The Morgan fingerprint density at radius 3 is 3.00 bits per heavy atom. The van der Waals surface area contributed by atoms with E-state index in [1.165, 1.54) is 15.2 Å². The number of thioether (sulfide) groups is 2. The van der Waals surface area contributed by atoms with E-state index >= 15 is 0 Å².